The maximum atomic E-state index is 9.86. The SMILES string of the molecule is Cn1ncc(Br)c1-c1c(C#N)c(OC2CC2)c2ccccc2c1Cl. The van der Waals surface area contributed by atoms with Gasteiger partial charge in [0.05, 0.1) is 27.5 Å². The van der Waals surface area contributed by atoms with E-state index in [0.717, 1.165) is 33.8 Å². The second-order valence-corrected chi connectivity index (χ2v) is 7.06. The van der Waals surface area contributed by atoms with Gasteiger partial charge in [-0.2, -0.15) is 10.4 Å². The largest absolute Gasteiger partial charge is 0.488 e. The summed E-state index contributed by atoms with van der Waals surface area (Å²) in [6, 6.07) is 10.1. The zero-order valence-electron chi connectivity index (χ0n) is 12.9. The number of halogens is 2. The third kappa shape index (κ3) is 2.38. The van der Waals surface area contributed by atoms with E-state index in [1.807, 2.05) is 31.3 Å². The normalized spacial score (nSPS) is 13.9. The third-order valence-corrected chi connectivity index (χ3v) is 5.13. The summed E-state index contributed by atoms with van der Waals surface area (Å²) in [7, 11) is 1.83. The molecule has 0 N–H and O–H groups in total. The fraction of sp³-hybridized carbons (Fsp3) is 0.222. The molecule has 120 valence electrons. The summed E-state index contributed by atoms with van der Waals surface area (Å²) in [5.41, 5.74) is 1.87. The van der Waals surface area contributed by atoms with E-state index in [-0.39, 0.29) is 6.10 Å². The van der Waals surface area contributed by atoms with Crippen LogP contribution < -0.4 is 4.74 Å². The maximum absolute atomic E-state index is 9.86. The molecule has 4 rings (SSSR count). The monoisotopic (exact) mass is 401 g/mol. The first-order valence-electron chi connectivity index (χ1n) is 7.60. The number of aromatic nitrogens is 2. The molecule has 0 atom stereocenters. The highest BCUT2D eigenvalue weighted by Crippen LogP contribution is 2.46. The highest BCUT2D eigenvalue weighted by Gasteiger charge is 2.29. The molecule has 4 nitrogen and oxygen atoms in total. The zero-order valence-corrected chi connectivity index (χ0v) is 15.2. The predicted octanol–water partition coefficient (Wildman–Crippen LogP) is 5.07. The van der Waals surface area contributed by atoms with Gasteiger partial charge >= 0.3 is 0 Å². The summed E-state index contributed by atoms with van der Waals surface area (Å²) in [6.45, 7) is 0. The van der Waals surface area contributed by atoms with Crippen LogP contribution in [-0.4, -0.2) is 15.9 Å². The first kappa shape index (κ1) is 15.5. The Hall–Kier alpha value is -2.03. The Labute approximate surface area is 152 Å². The van der Waals surface area contributed by atoms with Crippen molar-refractivity contribution in [3.8, 4) is 23.1 Å². The number of nitriles is 1. The summed E-state index contributed by atoms with van der Waals surface area (Å²) >= 11 is 10.2. The van der Waals surface area contributed by atoms with Gasteiger partial charge in [0.1, 0.15) is 17.4 Å². The van der Waals surface area contributed by atoms with Crippen LogP contribution >= 0.6 is 27.5 Å². The van der Waals surface area contributed by atoms with E-state index >= 15 is 0 Å². The van der Waals surface area contributed by atoms with E-state index in [4.69, 9.17) is 16.3 Å². The van der Waals surface area contributed by atoms with E-state index in [1.54, 1.807) is 10.9 Å². The maximum Gasteiger partial charge on any atom is 0.146 e. The first-order valence-corrected chi connectivity index (χ1v) is 8.77. The van der Waals surface area contributed by atoms with Crippen molar-refractivity contribution >= 4 is 38.3 Å². The number of aryl methyl sites for hydroxylation is 1. The molecule has 6 heteroatoms. The number of hydrogen-bond acceptors (Lipinski definition) is 3. The Morgan fingerprint density at radius 1 is 1.33 bits per heavy atom. The number of fused-ring (bicyclic) bond motifs is 1. The topological polar surface area (TPSA) is 50.8 Å². The molecule has 0 radical (unpaired) electrons. The summed E-state index contributed by atoms with van der Waals surface area (Å²) in [5.74, 6) is 0.614. The van der Waals surface area contributed by atoms with Crippen molar-refractivity contribution in [3.63, 3.8) is 0 Å². The molecule has 0 saturated heterocycles. The second-order valence-electron chi connectivity index (χ2n) is 5.83. The minimum atomic E-state index is 0.185. The van der Waals surface area contributed by atoms with Crippen LogP contribution in [0.1, 0.15) is 18.4 Å². The van der Waals surface area contributed by atoms with Crippen molar-refractivity contribution in [2.75, 3.05) is 0 Å². The molecule has 1 fully saturated rings. The smallest absolute Gasteiger partial charge is 0.146 e. The Balaban J connectivity index is 2.13. The molecule has 1 saturated carbocycles. The van der Waals surface area contributed by atoms with Crippen LogP contribution in [-0.2, 0) is 7.05 Å². The van der Waals surface area contributed by atoms with Gasteiger partial charge in [-0.25, -0.2) is 0 Å². The standard InChI is InChI=1S/C18H13BrClN3O/c1-23-17(14(19)9-22-23)15-13(8-21)18(24-10-6-7-10)12-5-3-2-4-11(12)16(15)20/h2-5,9-10H,6-7H2,1H3. The van der Waals surface area contributed by atoms with Gasteiger partial charge in [-0.15, -0.1) is 0 Å². The van der Waals surface area contributed by atoms with Crippen molar-refractivity contribution in [2.24, 2.45) is 7.05 Å². The molecular formula is C18H13BrClN3O. The summed E-state index contributed by atoms with van der Waals surface area (Å²) in [4.78, 5) is 0. The summed E-state index contributed by atoms with van der Waals surface area (Å²) < 4.78 is 8.61. The first-order chi connectivity index (χ1) is 11.6. The number of hydrogen-bond donors (Lipinski definition) is 0. The van der Waals surface area contributed by atoms with Crippen LogP contribution in [0.2, 0.25) is 5.02 Å². The van der Waals surface area contributed by atoms with E-state index in [0.29, 0.717) is 21.9 Å². The molecule has 0 spiro atoms. The molecule has 2 aromatic carbocycles. The minimum absolute atomic E-state index is 0.185. The Morgan fingerprint density at radius 3 is 2.62 bits per heavy atom. The molecule has 24 heavy (non-hydrogen) atoms. The van der Waals surface area contributed by atoms with Gasteiger partial charge in [-0.1, -0.05) is 35.9 Å². The molecule has 1 aromatic heterocycles. The molecule has 0 aliphatic heterocycles. The van der Waals surface area contributed by atoms with E-state index in [2.05, 4.69) is 27.1 Å². The van der Waals surface area contributed by atoms with Crippen LogP contribution in [0.5, 0.6) is 5.75 Å². The van der Waals surface area contributed by atoms with Crippen molar-refractivity contribution < 1.29 is 4.74 Å². The molecule has 0 unspecified atom stereocenters. The lowest BCUT2D eigenvalue weighted by Crippen LogP contribution is -2.03. The van der Waals surface area contributed by atoms with Gasteiger partial charge in [0.15, 0.2) is 0 Å². The average molecular weight is 403 g/mol. The second kappa shape index (κ2) is 5.80. The number of nitrogens with zero attached hydrogens (tertiary/aromatic N) is 3. The fourth-order valence-electron chi connectivity index (χ4n) is 2.86. The van der Waals surface area contributed by atoms with Crippen LogP contribution in [0, 0.1) is 11.3 Å². The fourth-order valence-corrected chi connectivity index (χ4v) is 3.76. The molecule has 3 aromatic rings. The van der Waals surface area contributed by atoms with Crippen LogP contribution in [0.25, 0.3) is 22.0 Å². The van der Waals surface area contributed by atoms with Crippen LogP contribution in [0.4, 0.5) is 0 Å². The Morgan fingerprint density at radius 2 is 2.04 bits per heavy atom. The van der Waals surface area contributed by atoms with Crippen LogP contribution in [0.3, 0.4) is 0 Å². The van der Waals surface area contributed by atoms with Gasteiger partial charge in [-0.3, -0.25) is 4.68 Å². The van der Waals surface area contributed by atoms with Gasteiger partial charge in [0.25, 0.3) is 0 Å². The van der Waals surface area contributed by atoms with Crippen molar-refractivity contribution in [1.82, 2.24) is 9.78 Å². The number of ether oxygens (including phenoxy) is 1. The molecule has 1 aliphatic rings. The lowest BCUT2D eigenvalue weighted by molar-refractivity contribution is 0.306. The number of rotatable bonds is 3. The minimum Gasteiger partial charge on any atom is -0.488 e. The summed E-state index contributed by atoms with van der Waals surface area (Å²) in [5, 5.41) is 16.4. The summed E-state index contributed by atoms with van der Waals surface area (Å²) in [6.07, 6.45) is 3.92. The average Bonchev–Trinajstić information content (AvgIpc) is 3.35. The highest BCUT2D eigenvalue weighted by atomic mass is 79.9. The molecular weight excluding hydrogens is 390 g/mol. The molecule has 0 amide bonds. The number of benzene rings is 2. The predicted molar refractivity (Wildman–Crippen MR) is 97.2 cm³/mol. The van der Waals surface area contributed by atoms with Crippen LogP contribution in [0.15, 0.2) is 34.9 Å². The van der Waals surface area contributed by atoms with E-state index in [9.17, 15) is 5.26 Å². The van der Waals surface area contributed by atoms with Gasteiger partial charge in [0, 0.05) is 23.4 Å². The lowest BCUT2D eigenvalue weighted by atomic mass is 9.97. The molecule has 0 bridgehead atoms. The van der Waals surface area contributed by atoms with E-state index < -0.39 is 0 Å². The third-order valence-electron chi connectivity index (χ3n) is 4.16. The zero-order chi connectivity index (χ0) is 16.8. The van der Waals surface area contributed by atoms with Gasteiger partial charge in [-0.05, 0) is 28.8 Å². The van der Waals surface area contributed by atoms with E-state index in [1.165, 1.54) is 0 Å². The van der Waals surface area contributed by atoms with Gasteiger partial charge < -0.3 is 4.74 Å². The van der Waals surface area contributed by atoms with Crippen molar-refractivity contribution in [1.29, 1.82) is 5.26 Å². The lowest BCUT2D eigenvalue weighted by Gasteiger charge is -2.17. The molecule has 1 aliphatic carbocycles. The Bertz CT molecular complexity index is 982. The van der Waals surface area contributed by atoms with Crippen molar-refractivity contribution in [3.05, 3.63) is 45.5 Å². The highest BCUT2D eigenvalue weighted by molar-refractivity contribution is 9.10. The quantitative estimate of drug-likeness (QED) is 0.614. The van der Waals surface area contributed by atoms with Crippen molar-refractivity contribution in [2.45, 2.75) is 18.9 Å². The molecule has 1 heterocycles. The Kier molecular flexibility index (Phi) is 3.75. The van der Waals surface area contributed by atoms with Gasteiger partial charge in [0.2, 0.25) is 0 Å².